The Balaban J connectivity index is 2.77. The van der Waals surface area contributed by atoms with Gasteiger partial charge in [-0.15, -0.1) is 5.10 Å². The van der Waals surface area contributed by atoms with Gasteiger partial charge in [0, 0.05) is 0 Å². The number of nitrogens with zero attached hydrogens (tertiary/aromatic N) is 3. The van der Waals surface area contributed by atoms with Crippen LogP contribution in [0.25, 0.3) is 5.69 Å². The molecule has 0 N–H and O–H groups in total. The van der Waals surface area contributed by atoms with Crippen LogP contribution in [-0.2, 0) is 21.4 Å². The van der Waals surface area contributed by atoms with Crippen molar-refractivity contribution in [3.63, 3.8) is 0 Å². The van der Waals surface area contributed by atoms with E-state index in [0.717, 1.165) is 29.7 Å². The zero-order chi connectivity index (χ0) is 17.2. The van der Waals surface area contributed by atoms with Crippen molar-refractivity contribution in [1.82, 2.24) is 14.8 Å². The van der Waals surface area contributed by atoms with Crippen LogP contribution in [-0.4, -0.2) is 27.8 Å². The van der Waals surface area contributed by atoms with Crippen molar-refractivity contribution >= 4 is 40.8 Å². The fraction of sp³-hybridized carbons (Fsp3) is 0.400. The third-order valence-electron chi connectivity index (χ3n) is 3.41. The van der Waals surface area contributed by atoms with E-state index < -0.39 is 9.76 Å². The van der Waals surface area contributed by atoms with Gasteiger partial charge >= 0.3 is 5.97 Å². The highest BCUT2D eigenvalue weighted by Gasteiger charge is 2.34. The molecule has 124 valence electrons. The normalized spacial score (nSPS) is 11.6. The number of halogens is 3. The number of benzene rings is 1. The number of alkyl halides is 3. The second kappa shape index (κ2) is 7.07. The van der Waals surface area contributed by atoms with E-state index in [4.69, 9.17) is 34.8 Å². The number of hydrogen-bond donors (Lipinski definition) is 0. The number of rotatable bonds is 4. The van der Waals surface area contributed by atoms with Gasteiger partial charge in [0.15, 0.2) is 5.82 Å². The van der Waals surface area contributed by atoms with Crippen LogP contribution >= 0.6 is 34.8 Å². The highest BCUT2D eigenvalue weighted by atomic mass is 35.6. The topological polar surface area (TPSA) is 57.0 Å². The van der Waals surface area contributed by atoms with Crippen molar-refractivity contribution in [3.05, 3.63) is 41.0 Å². The first-order valence-electron chi connectivity index (χ1n) is 7.07. The monoisotopic (exact) mass is 375 g/mol. The summed E-state index contributed by atoms with van der Waals surface area (Å²) in [4.78, 5) is 15.8. The third-order valence-corrected chi connectivity index (χ3v) is 3.91. The maximum atomic E-state index is 11.8. The Morgan fingerprint density at radius 3 is 2.22 bits per heavy atom. The highest BCUT2D eigenvalue weighted by Crippen LogP contribution is 2.39. The van der Waals surface area contributed by atoms with Crippen LogP contribution in [0.3, 0.4) is 0 Å². The summed E-state index contributed by atoms with van der Waals surface area (Å²) in [7, 11) is 1.25. The largest absolute Gasteiger partial charge is 0.463 e. The van der Waals surface area contributed by atoms with Crippen LogP contribution < -0.4 is 0 Å². The number of aryl methyl sites for hydroxylation is 2. The maximum absolute atomic E-state index is 11.8. The summed E-state index contributed by atoms with van der Waals surface area (Å²) in [5.41, 5.74) is 2.81. The van der Waals surface area contributed by atoms with Gasteiger partial charge in [-0.1, -0.05) is 66.8 Å². The summed E-state index contributed by atoms with van der Waals surface area (Å²) in [6.45, 7) is 4.04. The number of carbonyl (C=O) groups is 1. The molecule has 0 aliphatic carbocycles. The molecule has 23 heavy (non-hydrogen) atoms. The molecule has 0 saturated carbocycles. The summed E-state index contributed by atoms with van der Waals surface area (Å²) < 4.78 is 4.26. The quantitative estimate of drug-likeness (QED) is 0.597. The Bertz CT molecular complexity index is 701. The van der Waals surface area contributed by atoms with Crippen molar-refractivity contribution < 1.29 is 9.53 Å². The van der Waals surface area contributed by atoms with Gasteiger partial charge < -0.3 is 4.74 Å². The van der Waals surface area contributed by atoms with Crippen LogP contribution in [0.15, 0.2) is 18.2 Å². The number of ether oxygens (including phenoxy) is 1. The standard InChI is InChI=1S/C15H16Cl3N3O2/c1-4-9-7-6-8-10(5-2)11(9)21-14(15(16,17)18)19-12(20-21)13(22)23-3/h6-8H,4-5H2,1-3H3. The van der Waals surface area contributed by atoms with Crippen molar-refractivity contribution in [1.29, 1.82) is 0 Å². The molecule has 0 spiro atoms. The molecule has 0 radical (unpaired) electrons. The minimum Gasteiger partial charge on any atom is -0.463 e. The van der Waals surface area contributed by atoms with Gasteiger partial charge in [-0.05, 0) is 24.0 Å². The number of carbonyl (C=O) groups excluding carboxylic acids is 1. The van der Waals surface area contributed by atoms with E-state index in [1.54, 1.807) is 0 Å². The van der Waals surface area contributed by atoms with Crippen LogP contribution in [0.1, 0.15) is 41.4 Å². The molecular formula is C15H16Cl3N3O2. The second-order valence-electron chi connectivity index (χ2n) is 4.79. The lowest BCUT2D eigenvalue weighted by Crippen LogP contribution is -2.15. The molecule has 0 amide bonds. The molecule has 0 unspecified atom stereocenters. The van der Waals surface area contributed by atoms with Gasteiger partial charge in [0.25, 0.3) is 5.82 Å². The number of para-hydroxylation sites is 1. The maximum Gasteiger partial charge on any atom is 0.377 e. The molecule has 0 aliphatic heterocycles. The summed E-state index contributed by atoms with van der Waals surface area (Å²) >= 11 is 18.1. The van der Waals surface area contributed by atoms with Gasteiger partial charge in [0.2, 0.25) is 3.79 Å². The average Bonchev–Trinajstić information content (AvgIpc) is 2.98. The molecule has 2 aromatic rings. The molecule has 0 fully saturated rings. The zero-order valence-corrected chi connectivity index (χ0v) is 15.2. The van der Waals surface area contributed by atoms with Gasteiger partial charge in [-0.25, -0.2) is 14.5 Å². The van der Waals surface area contributed by atoms with Gasteiger partial charge in [-0.3, -0.25) is 0 Å². The van der Waals surface area contributed by atoms with Crippen molar-refractivity contribution in [3.8, 4) is 5.69 Å². The summed E-state index contributed by atoms with van der Waals surface area (Å²) in [5, 5.41) is 4.21. The fourth-order valence-corrected chi connectivity index (χ4v) is 2.68. The van der Waals surface area contributed by atoms with Crippen LogP contribution in [0.5, 0.6) is 0 Å². The lowest BCUT2D eigenvalue weighted by Gasteiger charge is -2.17. The number of hydrogen-bond acceptors (Lipinski definition) is 4. The molecular weight excluding hydrogens is 361 g/mol. The molecule has 1 heterocycles. The van der Waals surface area contributed by atoms with Crippen molar-refractivity contribution in [2.75, 3.05) is 7.11 Å². The number of esters is 1. The van der Waals surface area contributed by atoms with Gasteiger partial charge in [0.05, 0.1) is 12.8 Å². The third kappa shape index (κ3) is 3.62. The molecule has 1 aromatic heterocycles. The molecule has 1 aromatic carbocycles. The van der Waals surface area contributed by atoms with Crippen molar-refractivity contribution in [2.45, 2.75) is 30.5 Å². The summed E-state index contributed by atoms with van der Waals surface area (Å²) in [5.74, 6) is -0.786. The van der Waals surface area contributed by atoms with E-state index in [0.29, 0.717) is 0 Å². The van der Waals surface area contributed by atoms with E-state index in [9.17, 15) is 4.79 Å². The molecule has 2 rings (SSSR count). The molecule has 0 atom stereocenters. The molecule has 0 bridgehead atoms. The Kier molecular flexibility index (Phi) is 5.55. The highest BCUT2D eigenvalue weighted by molar-refractivity contribution is 6.66. The minimum atomic E-state index is -1.83. The SMILES string of the molecule is CCc1cccc(CC)c1-n1nc(C(=O)OC)nc1C(Cl)(Cl)Cl. The van der Waals surface area contributed by atoms with Crippen LogP contribution in [0, 0.1) is 0 Å². The van der Waals surface area contributed by atoms with E-state index in [1.165, 1.54) is 11.8 Å². The lowest BCUT2D eigenvalue weighted by molar-refractivity contribution is 0.0587. The zero-order valence-electron chi connectivity index (χ0n) is 12.9. The first-order chi connectivity index (χ1) is 10.8. The number of methoxy groups -OCH3 is 1. The van der Waals surface area contributed by atoms with Crippen molar-refractivity contribution in [2.24, 2.45) is 0 Å². The Morgan fingerprint density at radius 1 is 1.22 bits per heavy atom. The Labute approximate surface area is 149 Å². The molecule has 8 heteroatoms. The van der Waals surface area contributed by atoms with Gasteiger partial charge in [0.1, 0.15) is 0 Å². The van der Waals surface area contributed by atoms with Crippen LogP contribution in [0.4, 0.5) is 0 Å². The first-order valence-corrected chi connectivity index (χ1v) is 8.20. The smallest absolute Gasteiger partial charge is 0.377 e. The summed E-state index contributed by atoms with van der Waals surface area (Å²) in [6, 6.07) is 5.90. The minimum absolute atomic E-state index is 0.0542. The Hall–Kier alpha value is -1.30. The fourth-order valence-electron chi connectivity index (χ4n) is 2.32. The van der Waals surface area contributed by atoms with E-state index in [2.05, 4.69) is 14.8 Å². The second-order valence-corrected chi connectivity index (χ2v) is 7.07. The van der Waals surface area contributed by atoms with Gasteiger partial charge in [-0.2, -0.15) is 0 Å². The molecule has 0 saturated heterocycles. The molecule has 5 nitrogen and oxygen atoms in total. The lowest BCUT2D eigenvalue weighted by atomic mass is 10.0. The van der Waals surface area contributed by atoms with E-state index in [1.807, 2.05) is 32.0 Å². The predicted octanol–water partition coefficient (Wildman–Crippen LogP) is 4.01. The summed E-state index contributed by atoms with van der Waals surface area (Å²) in [6.07, 6.45) is 1.52. The Morgan fingerprint density at radius 2 is 1.78 bits per heavy atom. The van der Waals surface area contributed by atoms with E-state index >= 15 is 0 Å². The molecule has 0 aliphatic rings. The van der Waals surface area contributed by atoms with E-state index in [-0.39, 0.29) is 11.6 Å². The van der Waals surface area contributed by atoms with Crippen LogP contribution in [0.2, 0.25) is 0 Å². The first kappa shape index (κ1) is 18.0. The predicted molar refractivity (Wildman–Crippen MR) is 90.7 cm³/mol. The average molecular weight is 377 g/mol. The number of aromatic nitrogens is 3.